The molecule has 0 atom stereocenters. The number of aromatic nitrogens is 2. The van der Waals surface area contributed by atoms with Crippen molar-refractivity contribution < 1.29 is 4.74 Å². The van der Waals surface area contributed by atoms with E-state index in [9.17, 15) is 0 Å². The molecule has 0 spiro atoms. The fourth-order valence-corrected chi connectivity index (χ4v) is 2.76. The Kier molecular flexibility index (Phi) is 5.08. The van der Waals surface area contributed by atoms with Crippen LogP contribution in [0.15, 0.2) is 36.4 Å². The molecule has 2 aromatic rings. The average Bonchev–Trinajstić information content (AvgIpc) is 2.61. The Morgan fingerprint density at radius 1 is 1.13 bits per heavy atom. The molecule has 1 fully saturated rings. The van der Waals surface area contributed by atoms with Crippen LogP contribution in [0, 0.1) is 6.92 Å². The first-order chi connectivity index (χ1) is 11.3. The SMILES string of the molecule is CCN(Cc1ccccc1)c1cc(C)nc(N2CCOCC2)n1. The molecule has 122 valence electrons. The zero-order valence-corrected chi connectivity index (χ0v) is 13.9. The first-order valence-electron chi connectivity index (χ1n) is 8.23. The van der Waals surface area contributed by atoms with Gasteiger partial charge >= 0.3 is 0 Å². The van der Waals surface area contributed by atoms with Crippen molar-refractivity contribution in [3.05, 3.63) is 47.7 Å². The highest BCUT2D eigenvalue weighted by Crippen LogP contribution is 2.20. The van der Waals surface area contributed by atoms with E-state index in [2.05, 4.69) is 52.0 Å². The van der Waals surface area contributed by atoms with E-state index in [1.807, 2.05) is 13.0 Å². The summed E-state index contributed by atoms with van der Waals surface area (Å²) in [5.41, 5.74) is 2.29. The predicted molar refractivity (Wildman–Crippen MR) is 93.0 cm³/mol. The summed E-state index contributed by atoms with van der Waals surface area (Å²) in [7, 11) is 0. The van der Waals surface area contributed by atoms with E-state index in [1.165, 1.54) is 5.56 Å². The number of morpholine rings is 1. The Hall–Kier alpha value is -2.14. The third kappa shape index (κ3) is 3.99. The fourth-order valence-electron chi connectivity index (χ4n) is 2.76. The van der Waals surface area contributed by atoms with E-state index in [0.29, 0.717) is 0 Å². The minimum absolute atomic E-state index is 0.744. The minimum atomic E-state index is 0.744. The van der Waals surface area contributed by atoms with Gasteiger partial charge < -0.3 is 14.5 Å². The van der Waals surface area contributed by atoms with Gasteiger partial charge in [0.25, 0.3) is 0 Å². The molecule has 0 aliphatic carbocycles. The molecule has 0 N–H and O–H groups in total. The normalized spacial score (nSPS) is 14.8. The lowest BCUT2D eigenvalue weighted by Gasteiger charge is -2.29. The van der Waals surface area contributed by atoms with Gasteiger partial charge in [-0.15, -0.1) is 0 Å². The highest BCUT2D eigenvalue weighted by atomic mass is 16.5. The van der Waals surface area contributed by atoms with Gasteiger partial charge in [0.2, 0.25) is 5.95 Å². The van der Waals surface area contributed by atoms with Crippen molar-refractivity contribution in [2.75, 3.05) is 42.6 Å². The summed E-state index contributed by atoms with van der Waals surface area (Å²) in [4.78, 5) is 13.9. The predicted octanol–water partition coefficient (Wildman–Crippen LogP) is 2.65. The lowest BCUT2D eigenvalue weighted by Crippen LogP contribution is -2.37. The van der Waals surface area contributed by atoms with E-state index >= 15 is 0 Å². The number of nitrogens with zero attached hydrogens (tertiary/aromatic N) is 4. The quantitative estimate of drug-likeness (QED) is 0.849. The van der Waals surface area contributed by atoms with Crippen molar-refractivity contribution in [2.45, 2.75) is 20.4 Å². The number of anilines is 2. The molecule has 3 rings (SSSR count). The first-order valence-corrected chi connectivity index (χ1v) is 8.23. The molecule has 0 amide bonds. The van der Waals surface area contributed by atoms with Crippen LogP contribution in [-0.4, -0.2) is 42.8 Å². The van der Waals surface area contributed by atoms with Crippen LogP contribution in [0.3, 0.4) is 0 Å². The highest BCUT2D eigenvalue weighted by Gasteiger charge is 2.16. The maximum Gasteiger partial charge on any atom is 0.227 e. The summed E-state index contributed by atoms with van der Waals surface area (Å²) < 4.78 is 5.42. The summed E-state index contributed by atoms with van der Waals surface area (Å²) in [6.07, 6.45) is 0. The van der Waals surface area contributed by atoms with Gasteiger partial charge in [-0.05, 0) is 19.4 Å². The fraction of sp³-hybridized carbons (Fsp3) is 0.444. The number of hydrogen-bond donors (Lipinski definition) is 0. The minimum Gasteiger partial charge on any atom is -0.378 e. The van der Waals surface area contributed by atoms with E-state index in [-0.39, 0.29) is 0 Å². The highest BCUT2D eigenvalue weighted by molar-refractivity contribution is 5.46. The molecule has 5 nitrogen and oxygen atoms in total. The van der Waals surface area contributed by atoms with Crippen LogP contribution in [0.4, 0.5) is 11.8 Å². The molecule has 1 aliphatic rings. The average molecular weight is 312 g/mol. The standard InChI is InChI=1S/C18H24N4O/c1-3-21(14-16-7-5-4-6-8-16)17-13-15(2)19-18(20-17)22-9-11-23-12-10-22/h4-8,13H,3,9-12,14H2,1-2H3. The Morgan fingerprint density at radius 3 is 2.57 bits per heavy atom. The molecule has 1 aromatic carbocycles. The largest absolute Gasteiger partial charge is 0.378 e. The lowest BCUT2D eigenvalue weighted by atomic mass is 10.2. The molecule has 0 saturated carbocycles. The Bertz CT molecular complexity index is 626. The van der Waals surface area contributed by atoms with E-state index < -0.39 is 0 Å². The van der Waals surface area contributed by atoms with Gasteiger partial charge in [0.05, 0.1) is 13.2 Å². The Labute approximate surface area is 137 Å². The Balaban J connectivity index is 1.83. The summed E-state index contributed by atoms with van der Waals surface area (Å²) >= 11 is 0. The zero-order valence-electron chi connectivity index (χ0n) is 13.9. The van der Waals surface area contributed by atoms with Crippen LogP contribution >= 0.6 is 0 Å². The van der Waals surface area contributed by atoms with Gasteiger partial charge in [-0.25, -0.2) is 4.98 Å². The zero-order chi connectivity index (χ0) is 16.1. The van der Waals surface area contributed by atoms with Crippen LogP contribution in [0.2, 0.25) is 0 Å². The Morgan fingerprint density at radius 2 is 1.87 bits per heavy atom. The third-order valence-corrected chi connectivity index (χ3v) is 4.04. The summed E-state index contributed by atoms with van der Waals surface area (Å²) in [5, 5.41) is 0. The second kappa shape index (κ2) is 7.42. The summed E-state index contributed by atoms with van der Waals surface area (Å²) in [6.45, 7) is 9.16. The molecule has 1 aliphatic heterocycles. The first kappa shape index (κ1) is 15.7. The monoisotopic (exact) mass is 312 g/mol. The van der Waals surface area contributed by atoms with Crippen LogP contribution in [0.25, 0.3) is 0 Å². The van der Waals surface area contributed by atoms with Crippen LogP contribution < -0.4 is 9.80 Å². The van der Waals surface area contributed by atoms with Crippen molar-refractivity contribution in [3.8, 4) is 0 Å². The van der Waals surface area contributed by atoms with Gasteiger partial charge in [-0.2, -0.15) is 4.98 Å². The molecule has 2 heterocycles. The smallest absolute Gasteiger partial charge is 0.227 e. The van der Waals surface area contributed by atoms with Gasteiger partial charge in [0.15, 0.2) is 0 Å². The second-order valence-electron chi connectivity index (χ2n) is 5.77. The second-order valence-corrected chi connectivity index (χ2v) is 5.77. The van der Waals surface area contributed by atoms with E-state index in [4.69, 9.17) is 9.72 Å². The van der Waals surface area contributed by atoms with Crippen molar-refractivity contribution >= 4 is 11.8 Å². The van der Waals surface area contributed by atoms with Crippen molar-refractivity contribution in [1.29, 1.82) is 0 Å². The summed E-state index contributed by atoms with van der Waals surface area (Å²) in [6, 6.07) is 12.6. The molecule has 1 aromatic heterocycles. The number of benzene rings is 1. The van der Waals surface area contributed by atoms with Gasteiger partial charge in [0.1, 0.15) is 5.82 Å². The number of ether oxygens (including phenoxy) is 1. The summed E-state index contributed by atoms with van der Waals surface area (Å²) in [5.74, 6) is 1.81. The molecule has 0 radical (unpaired) electrons. The van der Waals surface area contributed by atoms with Crippen molar-refractivity contribution in [1.82, 2.24) is 9.97 Å². The molecular weight excluding hydrogens is 288 g/mol. The molecule has 5 heteroatoms. The number of aryl methyl sites for hydroxylation is 1. The van der Waals surface area contributed by atoms with E-state index in [1.54, 1.807) is 0 Å². The van der Waals surface area contributed by atoms with Crippen molar-refractivity contribution in [2.24, 2.45) is 0 Å². The lowest BCUT2D eigenvalue weighted by molar-refractivity contribution is 0.122. The number of rotatable bonds is 5. The van der Waals surface area contributed by atoms with E-state index in [0.717, 1.165) is 56.9 Å². The topological polar surface area (TPSA) is 41.5 Å². The third-order valence-electron chi connectivity index (χ3n) is 4.04. The van der Waals surface area contributed by atoms with Gasteiger partial charge in [-0.3, -0.25) is 0 Å². The van der Waals surface area contributed by atoms with Crippen LogP contribution in [0.1, 0.15) is 18.2 Å². The number of hydrogen-bond acceptors (Lipinski definition) is 5. The van der Waals surface area contributed by atoms with Gasteiger partial charge in [-0.1, -0.05) is 30.3 Å². The molecule has 0 unspecified atom stereocenters. The van der Waals surface area contributed by atoms with Crippen LogP contribution in [-0.2, 0) is 11.3 Å². The maximum atomic E-state index is 5.42. The molecule has 23 heavy (non-hydrogen) atoms. The molecule has 1 saturated heterocycles. The molecule has 0 bridgehead atoms. The van der Waals surface area contributed by atoms with Crippen LogP contribution in [0.5, 0.6) is 0 Å². The van der Waals surface area contributed by atoms with Crippen molar-refractivity contribution in [3.63, 3.8) is 0 Å². The van der Waals surface area contributed by atoms with Gasteiger partial charge in [0, 0.05) is 37.9 Å². The maximum absolute atomic E-state index is 5.42. The molecular formula is C18H24N4O.